The third kappa shape index (κ3) is 6.35. The van der Waals surface area contributed by atoms with E-state index in [1.165, 1.54) is 12.1 Å². The van der Waals surface area contributed by atoms with Gasteiger partial charge in [0.25, 0.3) is 10.0 Å². The molecule has 0 unspecified atom stereocenters. The van der Waals surface area contributed by atoms with Crippen LogP contribution in [-0.2, 0) is 20.2 Å². The first-order valence-corrected chi connectivity index (χ1v) is 12.4. The third-order valence-corrected chi connectivity index (χ3v) is 6.90. The third-order valence-electron chi connectivity index (χ3n) is 5.11. The SMILES string of the molecule is CC(C)(C)c1ccccc1OCCNC(=O)CN(c1ccccc1)S(=O)(=O)c1ccc(F)cc1. The summed E-state index contributed by atoms with van der Waals surface area (Å²) in [6.07, 6.45) is 0. The first-order chi connectivity index (χ1) is 16.1. The lowest BCUT2D eigenvalue weighted by atomic mass is 9.86. The minimum absolute atomic E-state index is 0.0925. The Balaban J connectivity index is 1.67. The van der Waals surface area contributed by atoms with Crippen molar-refractivity contribution in [3.05, 3.63) is 90.2 Å². The molecule has 180 valence electrons. The van der Waals surface area contributed by atoms with Gasteiger partial charge >= 0.3 is 0 Å². The van der Waals surface area contributed by atoms with Crippen LogP contribution in [0.4, 0.5) is 10.1 Å². The van der Waals surface area contributed by atoms with Gasteiger partial charge in [-0.3, -0.25) is 9.10 Å². The van der Waals surface area contributed by atoms with Gasteiger partial charge in [-0.25, -0.2) is 12.8 Å². The van der Waals surface area contributed by atoms with Gasteiger partial charge in [0.05, 0.1) is 17.1 Å². The summed E-state index contributed by atoms with van der Waals surface area (Å²) in [5, 5.41) is 2.71. The molecule has 0 saturated carbocycles. The summed E-state index contributed by atoms with van der Waals surface area (Å²) in [6.45, 7) is 6.29. The molecule has 0 heterocycles. The Labute approximate surface area is 200 Å². The first kappa shape index (κ1) is 25.2. The molecule has 3 rings (SSSR count). The maximum absolute atomic E-state index is 13.3. The fourth-order valence-corrected chi connectivity index (χ4v) is 4.81. The Hall–Kier alpha value is -3.39. The Bertz CT molecular complexity index is 1210. The van der Waals surface area contributed by atoms with Crippen LogP contribution in [-0.4, -0.2) is 34.0 Å². The number of benzene rings is 3. The van der Waals surface area contributed by atoms with Crippen LogP contribution in [0.15, 0.2) is 83.8 Å². The average molecular weight is 485 g/mol. The van der Waals surface area contributed by atoms with E-state index in [-0.39, 0.29) is 23.5 Å². The highest BCUT2D eigenvalue weighted by molar-refractivity contribution is 7.92. The molecule has 0 aliphatic heterocycles. The molecule has 0 spiro atoms. The van der Waals surface area contributed by atoms with Crippen molar-refractivity contribution in [3.8, 4) is 5.75 Å². The number of halogens is 1. The van der Waals surface area contributed by atoms with Crippen LogP contribution in [0.1, 0.15) is 26.3 Å². The lowest BCUT2D eigenvalue weighted by Gasteiger charge is -2.24. The average Bonchev–Trinajstić information content (AvgIpc) is 2.80. The Kier molecular flexibility index (Phi) is 7.94. The molecular formula is C26H29FN2O4S. The molecule has 6 nitrogen and oxygen atoms in total. The lowest BCUT2D eigenvalue weighted by Crippen LogP contribution is -2.42. The van der Waals surface area contributed by atoms with Crippen LogP contribution in [0.2, 0.25) is 0 Å². The quantitative estimate of drug-likeness (QED) is 0.454. The highest BCUT2D eigenvalue weighted by Gasteiger charge is 2.27. The van der Waals surface area contributed by atoms with Gasteiger partial charge < -0.3 is 10.1 Å². The molecule has 1 N–H and O–H groups in total. The zero-order valence-electron chi connectivity index (χ0n) is 19.5. The maximum atomic E-state index is 13.3. The largest absolute Gasteiger partial charge is 0.491 e. The molecular weight excluding hydrogens is 455 g/mol. The summed E-state index contributed by atoms with van der Waals surface area (Å²) in [7, 11) is -4.09. The first-order valence-electron chi connectivity index (χ1n) is 10.9. The van der Waals surface area contributed by atoms with Crippen molar-refractivity contribution in [2.45, 2.75) is 31.1 Å². The van der Waals surface area contributed by atoms with Crippen LogP contribution >= 0.6 is 0 Å². The Morgan fingerprint density at radius 3 is 2.21 bits per heavy atom. The Morgan fingerprint density at radius 1 is 0.941 bits per heavy atom. The van der Waals surface area contributed by atoms with Crippen LogP contribution in [0.25, 0.3) is 0 Å². The molecule has 0 fully saturated rings. The fourth-order valence-electron chi connectivity index (χ4n) is 3.39. The number of hydrogen-bond donors (Lipinski definition) is 1. The number of rotatable bonds is 9. The molecule has 0 radical (unpaired) electrons. The van der Waals surface area contributed by atoms with E-state index in [0.717, 1.165) is 27.8 Å². The number of ether oxygens (including phenoxy) is 1. The van der Waals surface area contributed by atoms with Crippen LogP contribution in [0.5, 0.6) is 5.75 Å². The summed E-state index contributed by atoms with van der Waals surface area (Å²) < 4.78 is 46.6. The van der Waals surface area contributed by atoms with Gasteiger partial charge in [-0.15, -0.1) is 0 Å². The van der Waals surface area contributed by atoms with Crippen molar-refractivity contribution in [1.29, 1.82) is 0 Å². The van der Waals surface area contributed by atoms with Gasteiger partial charge in [0.2, 0.25) is 5.91 Å². The second-order valence-electron chi connectivity index (χ2n) is 8.75. The second kappa shape index (κ2) is 10.7. The zero-order valence-corrected chi connectivity index (χ0v) is 20.3. The molecule has 0 saturated heterocycles. The fraction of sp³-hybridized carbons (Fsp3) is 0.269. The van der Waals surface area contributed by atoms with E-state index in [0.29, 0.717) is 5.69 Å². The summed E-state index contributed by atoms with van der Waals surface area (Å²) in [4.78, 5) is 12.6. The van der Waals surface area contributed by atoms with Gasteiger partial charge in [0, 0.05) is 0 Å². The van der Waals surface area contributed by atoms with E-state index < -0.39 is 28.3 Å². The van der Waals surface area contributed by atoms with Crippen LogP contribution in [0, 0.1) is 5.82 Å². The highest BCUT2D eigenvalue weighted by Crippen LogP contribution is 2.30. The van der Waals surface area contributed by atoms with Crippen LogP contribution < -0.4 is 14.4 Å². The predicted molar refractivity (Wildman–Crippen MR) is 131 cm³/mol. The summed E-state index contributed by atoms with van der Waals surface area (Å²) in [5.41, 5.74) is 1.30. The standard InChI is InChI=1S/C26H29FN2O4S/c1-26(2,3)23-11-7-8-12-24(23)33-18-17-28-25(30)19-29(21-9-5-4-6-10-21)34(31,32)22-15-13-20(27)14-16-22/h4-16H,17-19H2,1-3H3,(H,28,30). The molecule has 3 aromatic rings. The molecule has 0 aromatic heterocycles. The summed E-state index contributed by atoms with van der Waals surface area (Å²) >= 11 is 0. The second-order valence-corrected chi connectivity index (χ2v) is 10.6. The molecule has 0 bridgehead atoms. The van der Waals surface area contributed by atoms with Gasteiger partial charge in [-0.1, -0.05) is 57.2 Å². The van der Waals surface area contributed by atoms with Crippen molar-refractivity contribution in [2.75, 3.05) is 24.0 Å². The van der Waals surface area contributed by atoms with E-state index >= 15 is 0 Å². The van der Waals surface area contributed by atoms with Gasteiger partial charge in [0.1, 0.15) is 24.7 Å². The smallest absolute Gasteiger partial charge is 0.264 e. The molecule has 0 aliphatic rings. The minimum Gasteiger partial charge on any atom is -0.491 e. The van der Waals surface area contributed by atoms with E-state index in [1.54, 1.807) is 30.3 Å². The monoisotopic (exact) mass is 484 g/mol. The van der Waals surface area contributed by atoms with Crippen molar-refractivity contribution in [3.63, 3.8) is 0 Å². The van der Waals surface area contributed by atoms with Gasteiger partial charge in [-0.05, 0) is 53.4 Å². The van der Waals surface area contributed by atoms with Crippen molar-refractivity contribution in [1.82, 2.24) is 5.32 Å². The molecule has 1 amide bonds. The van der Waals surface area contributed by atoms with Gasteiger partial charge in [-0.2, -0.15) is 0 Å². The molecule has 8 heteroatoms. The molecule has 0 aliphatic carbocycles. The Morgan fingerprint density at radius 2 is 1.56 bits per heavy atom. The number of amides is 1. The predicted octanol–water partition coefficient (Wildman–Crippen LogP) is 4.51. The zero-order chi connectivity index (χ0) is 24.8. The number of anilines is 1. The number of hydrogen-bond acceptors (Lipinski definition) is 4. The van der Waals surface area contributed by atoms with Crippen molar-refractivity contribution in [2.24, 2.45) is 0 Å². The topological polar surface area (TPSA) is 75.7 Å². The van der Waals surface area contributed by atoms with E-state index in [4.69, 9.17) is 4.74 Å². The van der Waals surface area contributed by atoms with E-state index in [9.17, 15) is 17.6 Å². The van der Waals surface area contributed by atoms with E-state index in [2.05, 4.69) is 26.1 Å². The molecule has 34 heavy (non-hydrogen) atoms. The number of nitrogens with one attached hydrogen (secondary N) is 1. The maximum Gasteiger partial charge on any atom is 0.264 e. The number of sulfonamides is 1. The molecule has 0 atom stereocenters. The summed E-state index contributed by atoms with van der Waals surface area (Å²) in [5.74, 6) is -0.285. The van der Waals surface area contributed by atoms with E-state index in [1.807, 2.05) is 24.3 Å². The van der Waals surface area contributed by atoms with Crippen LogP contribution in [0.3, 0.4) is 0 Å². The molecule has 3 aromatic carbocycles. The van der Waals surface area contributed by atoms with Crippen molar-refractivity contribution >= 4 is 21.6 Å². The van der Waals surface area contributed by atoms with Gasteiger partial charge in [0.15, 0.2) is 0 Å². The number of nitrogens with zero attached hydrogens (tertiary/aromatic N) is 1. The lowest BCUT2D eigenvalue weighted by molar-refractivity contribution is -0.119. The number of carbonyl (C=O) groups excluding carboxylic acids is 1. The summed E-state index contributed by atoms with van der Waals surface area (Å²) in [6, 6.07) is 20.5. The number of carbonyl (C=O) groups is 1. The van der Waals surface area contributed by atoms with Crippen molar-refractivity contribution < 1.29 is 22.3 Å². The minimum atomic E-state index is -4.09. The number of para-hydroxylation sites is 2. The normalized spacial score (nSPS) is 11.6. The highest BCUT2D eigenvalue weighted by atomic mass is 32.2.